The summed E-state index contributed by atoms with van der Waals surface area (Å²) in [6, 6.07) is 3.04. The van der Waals surface area contributed by atoms with E-state index in [1.54, 1.807) is 0 Å². The van der Waals surface area contributed by atoms with Gasteiger partial charge in [-0.25, -0.2) is 4.99 Å². The maximum absolute atomic E-state index is 8.32. The van der Waals surface area contributed by atoms with Crippen LogP contribution >= 0.6 is 23.2 Å². The van der Waals surface area contributed by atoms with Crippen molar-refractivity contribution in [3.05, 3.63) is 32.6 Å². The summed E-state index contributed by atoms with van der Waals surface area (Å²) in [7, 11) is 0. The van der Waals surface area contributed by atoms with E-state index in [9.17, 15) is 0 Å². The van der Waals surface area contributed by atoms with Crippen molar-refractivity contribution in [2.24, 2.45) is 15.1 Å². The van der Waals surface area contributed by atoms with E-state index in [2.05, 4.69) is 25.3 Å². The van der Waals surface area contributed by atoms with Gasteiger partial charge in [0.1, 0.15) is 12.2 Å². The fourth-order valence-corrected chi connectivity index (χ4v) is 1.85. The summed E-state index contributed by atoms with van der Waals surface area (Å²) in [6.45, 7) is 0.463. The minimum atomic E-state index is 0.356. The molecule has 6 nitrogen and oxygen atoms in total. The van der Waals surface area contributed by atoms with Crippen LogP contribution in [-0.2, 0) is 0 Å². The van der Waals surface area contributed by atoms with Crippen LogP contribution in [0.15, 0.2) is 27.2 Å². The van der Waals surface area contributed by atoms with Gasteiger partial charge in [0.2, 0.25) is 0 Å². The lowest BCUT2D eigenvalue weighted by molar-refractivity contribution is 1.34. The largest absolute Gasteiger partial charge is 0.340 e. The topological polar surface area (TPSA) is 85.5 Å². The van der Waals surface area contributed by atoms with Crippen molar-refractivity contribution in [2.75, 3.05) is 11.9 Å². The van der Waals surface area contributed by atoms with Crippen LogP contribution in [-0.4, -0.2) is 18.7 Å². The Bertz CT molecular complexity index is 536. The fraction of sp³-hybridized carbons (Fsp3) is 0.111. The molecule has 86 valence electrons. The van der Waals surface area contributed by atoms with E-state index in [-0.39, 0.29) is 0 Å². The second kappa shape index (κ2) is 5.05. The molecule has 0 unspecified atom stereocenters. The number of nitrogens with one attached hydrogen (secondary N) is 1. The molecule has 0 bridgehead atoms. The third kappa shape index (κ3) is 2.68. The van der Waals surface area contributed by atoms with Gasteiger partial charge < -0.3 is 5.32 Å². The number of halogens is 2. The van der Waals surface area contributed by atoms with Crippen LogP contribution in [0.4, 0.5) is 11.4 Å². The third-order valence-electron chi connectivity index (χ3n) is 1.99. The summed E-state index contributed by atoms with van der Waals surface area (Å²) >= 11 is 12.0. The molecule has 1 aromatic rings. The number of hydrogen-bond donors (Lipinski definition) is 1. The van der Waals surface area contributed by atoms with E-state index in [4.69, 9.17) is 28.7 Å². The summed E-state index contributed by atoms with van der Waals surface area (Å²) in [5, 5.41) is 7.12. The number of anilines is 1. The Morgan fingerprint density at radius 1 is 1.35 bits per heavy atom. The Hall–Kier alpha value is -1.75. The average molecular weight is 269 g/mol. The molecule has 1 aromatic carbocycles. The monoisotopic (exact) mass is 268 g/mol. The molecule has 1 aliphatic rings. The molecule has 0 atom stereocenters. The Labute approximate surface area is 107 Å². The first-order valence-corrected chi connectivity index (χ1v) is 5.32. The second-order valence-corrected chi connectivity index (χ2v) is 3.95. The Morgan fingerprint density at radius 3 is 2.59 bits per heavy atom. The van der Waals surface area contributed by atoms with Crippen molar-refractivity contribution in [2.45, 2.75) is 0 Å². The van der Waals surface area contributed by atoms with Gasteiger partial charge in [-0.1, -0.05) is 28.3 Å². The summed E-state index contributed by atoms with van der Waals surface area (Å²) in [5.74, 6) is 0.658. The molecule has 1 aliphatic heterocycles. The van der Waals surface area contributed by atoms with Crippen LogP contribution in [0.25, 0.3) is 10.4 Å². The van der Waals surface area contributed by atoms with Gasteiger partial charge >= 0.3 is 0 Å². The lowest BCUT2D eigenvalue weighted by Crippen LogP contribution is -2.13. The number of amidine groups is 1. The van der Waals surface area contributed by atoms with E-state index >= 15 is 0 Å². The van der Waals surface area contributed by atoms with E-state index in [1.165, 1.54) is 18.5 Å². The van der Waals surface area contributed by atoms with Gasteiger partial charge in [0.25, 0.3) is 0 Å². The van der Waals surface area contributed by atoms with Crippen molar-refractivity contribution >= 4 is 46.8 Å². The SMILES string of the molecule is [N-]=[N+]=Nc1cc(Cl)c(NC2=NC=NC2)c(Cl)c1. The molecule has 17 heavy (non-hydrogen) atoms. The van der Waals surface area contributed by atoms with Crippen LogP contribution in [0.1, 0.15) is 0 Å². The van der Waals surface area contributed by atoms with Crippen molar-refractivity contribution < 1.29 is 0 Å². The summed E-state index contributed by atoms with van der Waals surface area (Å²) < 4.78 is 0. The molecule has 0 spiro atoms. The van der Waals surface area contributed by atoms with E-state index in [0.717, 1.165) is 0 Å². The highest BCUT2D eigenvalue weighted by Crippen LogP contribution is 2.35. The zero-order valence-electron chi connectivity index (χ0n) is 8.43. The molecule has 8 heteroatoms. The minimum Gasteiger partial charge on any atom is -0.340 e. The molecule has 0 aromatic heterocycles. The maximum atomic E-state index is 8.32. The predicted molar refractivity (Wildman–Crippen MR) is 69.7 cm³/mol. The van der Waals surface area contributed by atoms with Gasteiger partial charge in [-0.2, -0.15) is 0 Å². The number of hydrogen-bond acceptors (Lipinski definition) is 4. The Morgan fingerprint density at radius 2 is 2.06 bits per heavy atom. The van der Waals surface area contributed by atoms with E-state index in [1.807, 2.05) is 0 Å². The number of rotatable bonds is 2. The van der Waals surface area contributed by atoms with Gasteiger partial charge in [-0.3, -0.25) is 4.99 Å². The smallest absolute Gasteiger partial charge is 0.130 e. The van der Waals surface area contributed by atoms with Gasteiger partial charge in [-0.15, -0.1) is 0 Å². The van der Waals surface area contributed by atoms with Crippen LogP contribution < -0.4 is 5.32 Å². The quantitative estimate of drug-likeness (QED) is 0.494. The van der Waals surface area contributed by atoms with Crippen molar-refractivity contribution in [3.8, 4) is 0 Å². The first-order chi connectivity index (χ1) is 8.20. The molecular formula is C9H6Cl2N6. The van der Waals surface area contributed by atoms with Gasteiger partial charge in [0.15, 0.2) is 0 Å². The molecule has 0 radical (unpaired) electrons. The number of benzene rings is 1. The van der Waals surface area contributed by atoms with Gasteiger partial charge in [0.05, 0.1) is 22.3 Å². The first kappa shape index (κ1) is 11.7. The lowest BCUT2D eigenvalue weighted by atomic mass is 10.2. The van der Waals surface area contributed by atoms with Gasteiger partial charge in [0, 0.05) is 10.6 Å². The lowest BCUT2D eigenvalue weighted by Gasteiger charge is -2.10. The molecule has 0 saturated carbocycles. The number of aliphatic imine (C=N–C) groups is 2. The molecule has 1 N–H and O–H groups in total. The summed E-state index contributed by atoms with van der Waals surface area (Å²) in [5.41, 5.74) is 9.20. The molecule has 2 rings (SSSR count). The normalized spacial score (nSPS) is 13.2. The van der Waals surface area contributed by atoms with Crippen LogP contribution in [0.5, 0.6) is 0 Å². The van der Waals surface area contributed by atoms with Crippen LogP contribution in [0.2, 0.25) is 10.0 Å². The number of nitrogens with zero attached hydrogens (tertiary/aromatic N) is 5. The van der Waals surface area contributed by atoms with Crippen LogP contribution in [0, 0.1) is 0 Å². The highest BCUT2D eigenvalue weighted by molar-refractivity contribution is 6.40. The highest BCUT2D eigenvalue weighted by Gasteiger charge is 2.11. The number of azide groups is 1. The van der Waals surface area contributed by atoms with Gasteiger partial charge in [-0.05, 0) is 17.7 Å². The zero-order chi connectivity index (χ0) is 12.3. The first-order valence-electron chi connectivity index (χ1n) is 4.57. The highest BCUT2D eigenvalue weighted by atomic mass is 35.5. The molecule has 0 fully saturated rings. The predicted octanol–water partition coefficient (Wildman–Crippen LogP) is 3.79. The molecule has 0 saturated heterocycles. The molecular weight excluding hydrogens is 263 g/mol. The van der Waals surface area contributed by atoms with Crippen molar-refractivity contribution in [1.29, 1.82) is 0 Å². The Kier molecular flexibility index (Phi) is 3.49. The summed E-state index contributed by atoms with van der Waals surface area (Å²) in [4.78, 5) is 10.6. The van der Waals surface area contributed by atoms with E-state index in [0.29, 0.717) is 33.8 Å². The zero-order valence-corrected chi connectivity index (χ0v) is 9.94. The fourth-order valence-electron chi connectivity index (χ4n) is 1.28. The molecule has 0 amide bonds. The minimum absolute atomic E-state index is 0.356. The molecule has 0 aliphatic carbocycles. The van der Waals surface area contributed by atoms with Crippen molar-refractivity contribution in [3.63, 3.8) is 0 Å². The third-order valence-corrected chi connectivity index (χ3v) is 2.59. The van der Waals surface area contributed by atoms with Crippen LogP contribution in [0.3, 0.4) is 0 Å². The Balaban J connectivity index is 2.31. The molecule has 1 heterocycles. The second-order valence-electron chi connectivity index (χ2n) is 3.13. The van der Waals surface area contributed by atoms with E-state index < -0.39 is 0 Å². The van der Waals surface area contributed by atoms with Crippen molar-refractivity contribution in [1.82, 2.24) is 0 Å². The summed E-state index contributed by atoms with van der Waals surface area (Å²) in [6.07, 6.45) is 1.46. The maximum Gasteiger partial charge on any atom is 0.130 e. The average Bonchev–Trinajstić information content (AvgIpc) is 2.76. The standard InChI is InChI=1S/C9H6Cl2N6/c10-6-1-5(16-17-12)2-7(11)9(6)15-8-3-13-4-14-8/h1-2,4H,3H2,(H,13,14,15).